The van der Waals surface area contributed by atoms with Crippen molar-refractivity contribution in [2.45, 2.75) is 5.75 Å². The Morgan fingerprint density at radius 2 is 2.33 bits per heavy atom. The number of halogens is 1. The molecule has 0 atom stereocenters. The molecule has 0 spiro atoms. The first-order chi connectivity index (χ1) is 8.65. The molecule has 0 amide bonds. The first kappa shape index (κ1) is 12.8. The van der Waals surface area contributed by atoms with E-state index in [0.29, 0.717) is 28.2 Å². The zero-order valence-corrected chi connectivity index (χ0v) is 10.6. The lowest BCUT2D eigenvalue weighted by Gasteiger charge is -1.92. The van der Waals surface area contributed by atoms with Gasteiger partial charge in [0.25, 0.3) is 0 Å². The number of aromatic nitrogens is 3. The summed E-state index contributed by atoms with van der Waals surface area (Å²) in [5.41, 5.74) is 0.553. The number of carboxylic acids is 1. The Balaban J connectivity index is 2.01. The van der Waals surface area contributed by atoms with Crippen molar-refractivity contribution in [3.63, 3.8) is 0 Å². The molecule has 0 aromatic carbocycles. The van der Waals surface area contributed by atoms with Crippen molar-refractivity contribution in [3.8, 4) is 11.5 Å². The molecule has 0 bridgehead atoms. The fraction of sp³-hybridized carbons (Fsp3) is 0.200. The quantitative estimate of drug-likeness (QED) is 0.899. The highest BCUT2D eigenvalue weighted by atomic mass is 35.5. The number of hydrogen-bond donors (Lipinski definition) is 1. The van der Waals surface area contributed by atoms with Crippen LogP contribution >= 0.6 is 23.4 Å². The van der Waals surface area contributed by atoms with E-state index in [1.165, 1.54) is 18.0 Å². The van der Waals surface area contributed by atoms with Crippen LogP contribution in [0, 0.1) is 0 Å². The van der Waals surface area contributed by atoms with Gasteiger partial charge in [0.05, 0.1) is 16.5 Å². The van der Waals surface area contributed by atoms with Crippen LogP contribution in [0.5, 0.6) is 0 Å². The zero-order valence-electron chi connectivity index (χ0n) is 9.04. The average molecular weight is 286 g/mol. The van der Waals surface area contributed by atoms with Crippen LogP contribution in [-0.2, 0) is 10.5 Å². The molecule has 1 N–H and O–H groups in total. The molecular formula is C10H8ClN3O3S. The van der Waals surface area contributed by atoms with Crippen LogP contribution in [0.3, 0.4) is 0 Å². The normalized spacial score (nSPS) is 10.5. The molecule has 0 saturated carbocycles. The SMILES string of the molecule is O=C(O)CSCc1nc(-c2ccc(Cl)cn2)no1. The first-order valence-electron chi connectivity index (χ1n) is 4.89. The van der Waals surface area contributed by atoms with E-state index in [2.05, 4.69) is 15.1 Å². The Hall–Kier alpha value is -1.60. The van der Waals surface area contributed by atoms with Gasteiger partial charge in [-0.25, -0.2) is 0 Å². The fourth-order valence-corrected chi connectivity index (χ4v) is 1.83. The molecule has 2 aromatic rings. The molecule has 18 heavy (non-hydrogen) atoms. The molecule has 0 aliphatic carbocycles. The third-order valence-corrected chi connectivity index (χ3v) is 3.00. The Kier molecular flexibility index (Phi) is 4.16. The highest BCUT2D eigenvalue weighted by Gasteiger charge is 2.10. The number of hydrogen-bond acceptors (Lipinski definition) is 6. The van der Waals surface area contributed by atoms with Gasteiger partial charge < -0.3 is 9.63 Å². The highest BCUT2D eigenvalue weighted by Crippen LogP contribution is 2.17. The first-order valence-corrected chi connectivity index (χ1v) is 6.42. The minimum absolute atomic E-state index is 0.00307. The van der Waals surface area contributed by atoms with Crippen molar-refractivity contribution in [1.29, 1.82) is 0 Å². The van der Waals surface area contributed by atoms with E-state index < -0.39 is 5.97 Å². The third kappa shape index (κ3) is 3.44. The van der Waals surface area contributed by atoms with Gasteiger partial charge in [0.2, 0.25) is 11.7 Å². The summed E-state index contributed by atoms with van der Waals surface area (Å²) >= 11 is 6.90. The number of carbonyl (C=O) groups is 1. The van der Waals surface area contributed by atoms with Crippen LogP contribution in [0.15, 0.2) is 22.9 Å². The van der Waals surface area contributed by atoms with Gasteiger partial charge in [-0.3, -0.25) is 9.78 Å². The molecule has 2 aromatic heterocycles. The van der Waals surface area contributed by atoms with E-state index >= 15 is 0 Å². The Labute approximate surface area is 111 Å². The lowest BCUT2D eigenvalue weighted by atomic mass is 10.3. The van der Waals surface area contributed by atoms with Crippen LogP contribution in [0.25, 0.3) is 11.5 Å². The molecule has 0 aliphatic heterocycles. The number of rotatable bonds is 5. The molecule has 0 aliphatic rings. The van der Waals surface area contributed by atoms with Crippen molar-refractivity contribution in [2.75, 3.05) is 5.75 Å². The van der Waals surface area contributed by atoms with Crippen LogP contribution in [0.2, 0.25) is 5.02 Å². The van der Waals surface area contributed by atoms with Crippen molar-refractivity contribution >= 4 is 29.3 Å². The number of pyridine rings is 1. The van der Waals surface area contributed by atoms with Crippen molar-refractivity contribution in [1.82, 2.24) is 15.1 Å². The van der Waals surface area contributed by atoms with E-state index in [9.17, 15) is 4.79 Å². The second-order valence-electron chi connectivity index (χ2n) is 3.26. The second-order valence-corrected chi connectivity index (χ2v) is 4.68. The zero-order chi connectivity index (χ0) is 13.0. The highest BCUT2D eigenvalue weighted by molar-refractivity contribution is 7.99. The molecule has 8 heteroatoms. The minimum Gasteiger partial charge on any atom is -0.481 e. The molecule has 2 rings (SSSR count). The third-order valence-electron chi connectivity index (χ3n) is 1.88. The molecular weight excluding hydrogens is 278 g/mol. The summed E-state index contributed by atoms with van der Waals surface area (Å²) in [6.45, 7) is 0. The van der Waals surface area contributed by atoms with Crippen LogP contribution in [-0.4, -0.2) is 32.0 Å². The lowest BCUT2D eigenvalue weighted by Crippen LogP contribution is -1.98. The molecule has 6 nitrogen and oxygen atoms in total. The summed E-state index contributed by atoms with van der Waals surface area (Å²) < 4.78 is 4.98. The van der Waals surface area contributed by atoms with Gasteiger partial charge in [-0.2, -0.15) is 4.98 Å². The summed E-state index contributed by atoms with van der Waals surface area (Å²) in [5, 5.41) is 12.8. The number of thioether (sulfide) groups is 1. The summed E-state index contributed by atoms with van der Waals surface area (Å²) in [5.74, 6) is 0.203. The maximum absolute atomic E-state index is 10.3. The van der Waals surface area contributed by atoms with Crippen LogP contribution in [0.4, 0.5) is 0 Å². The molecule has 2 heterocycles. The standard InChI is InChI=1S/C10H8ClN3O3S/c11-6-1-2-7(12-3-6)10-13-8(17-14-10)4-18-5-9(15)16/h1-3H,4-5H2,(H,15,16). The van der Waals surface area contributed by atoms with Crippen molar-refractivity contribution in [2.24, 2.45) is 0 Å². The number of aliphatic carboxylic acids is 1. The van der Waals surface area contributed by atoms with E-state index in [1.807, 2.05) is 0 Å². The summed E-state index contributed by atoms with van der Waals surface area (Å²) in [7, 11) is 0. The van der Waals surface area contributed by atoms with Gasteiger partial charge >= 0.3 is 5.97 Å². The molecule has 0 fully saturated rings. The Morgan fingerprint density at radius 1 is 1.50 bits per heavy atom. The average Bonchev–Trinajstić information content (AvgIpc) is 2.78. The lowest BCUT2D eigenvalue weighted by molar-refractivity contribution is -0.133. The van der Waals surface area contributed by atoms with Gasteiger partial charge in [-0.15, -0.1) is 11.8 Å². The minimum atomic E-state index is -0.876. The summed E-state index contributed by atoms with van der Waals surface area (Å²) in [6, 6.07) is 3.36. The molecule has 0 unspecified atom stereocenters. The number of nitrogens with zero attached hydrogens (tertiary/aromatic N) is 3. The Morgan fingerprint density at radius 3 is 3.00 bits per heavy atom. The van der Waals surface area contributed by atoms with Gasteiger partial charge in [0, 0.05) is 6.20 Å². The molecule has 94 valence electrons. The van der Waals surface area contributed by atoms with Gasteiger partial charge in [-0.1, -0.05) is 16.8 Å². The topological polar surface area (TPSA) is 89.1 Å². The Bertz CT molecular complexity index is 544. The monoisotopic (exact) mass is 285 g/mol. The maximum Gasteiger partial charge on any atom is 0.313 e. The smallest absolute Gasteiger partial charge is 0.313 e. The van der Waals surface area contributed by atoms with Crippen molar-refractivity contribution in [3.05, 3.63) is 29.2 Å². The van der Waals surface area contributed by atoms with E-state index in [1.54, 1.807) is 12.1 Å². The maximum atomic E-state index is 10.3. The number of carboxylic acid groups (broad SMARTS) is 1. The van der Waals surface area contributed by atoms with Crippen LogP contribution < -0.4 is 0 Å². The molecule has 0 saturated heterocycles. The van der Waals surface area contributed by atoms with Crippen molar-refractivity contribution < 1.29 is 14.4 Å². The van der Waals surface area contributed by atoms with E-state index in [4.69, 9.17) is 21.2 Å². The fourth-order valence-electron chi connectivity index (χ4n) is 1.15. The second kappa shape index (κ2) is 5.83. The van der Waals surface area contributed by atoms with E-state index in [0.717, 1.165) is 0 Å². The largest absolute Gasteiger partial charge is 0.481 e. The summed E-state index contributed by atoms with van der Waals surface area (Å²) in [4.78, 5) is 18.5. The predicted octanol–water partition coefficient (Wildman–Crippen LogP) is 2.10. The summed E-state index contributed by atoms with van der Waals surface area (Å²) in [6.07, 6.45) is 1.49. The van der Waals surface area contributed by atoms with E-state index in [-0.39, 0.29) is 5.75 Å². The predicted molar refractivity (Wildman–Crippen MR) is 66.3 cm³/mol. The van der Waals surface area contributed by atoms with Gasteiger partial charge in [0.15, 0.2) is 0 Å². The van der Waals surface area contributed by atoms with Gasteiger partial charge in [-0.05, 0) is 12.1 Å². The van der Waals surface area contributed by atoms with Crippen LogP contribution in [0.1, 0.15) is 5.89 Å². The molecule has 0 radical (unpaired) electrons. The van der Waals surface area contributed by atoms with Gasteiger partial charge in [0.1, 0.15) is 5.69 Å².